The van der Waals surface area contributed by atoms with Crippen LogP contribution in [-0.2, 0) is 14.4 Å². The smallest absolute Gasteiger partial charge is 0.289 e. The molecule has 6 nitrogen and oxygen atoms in total. The van der Waals surface area contributed by atoms with Crippen LogP contribution < -0.4 is 10.6 Å². The third kappa shape index (κ3) is 5.16. The molecule has 0 aliphatic carbocycles. The lowest BCUT2D eigenvalue weighted by Gasteiger charge is -2.25. The lowest BCUT2D eigenvalue weighted by molar-refractivity contribution is -0.140. The normalized spacial score (nSPS) is 25.1. The standard InChI is InChI=1S/C18H31N3O3/c1-6-8-9-14(16(22)18(24)19-10-7-2)20-17(23)15-13(4)12(3)11-21(15)5/h7,12-15H,2,6,8-11H2,1,3-5H3,(H,19,24)(H,20,23)/t12-,13?,14?,15-/m0/s1. The lowest BCUT2D eigenvalue weighted by atomic mass is 9.93. The van der Waals surface area contributed by atoms with Gasteiger partial charge in [-0.2, -0.15) is 0 Å². The Morgan fingerprint density at radius 1 is 1.33 bits per heavy atom. The van der Waals surface area contributed by atoms with Crippen molar-refractivity contribution in [2.45, 2.75) is 52.1 Å². The Balaban J connectivity index is 2.77. The predicted molar refractivity (Wildman–Crippen MR) is 94.4 cm³/mol. The van der Waals surface area contributed by atoms with Gasteiger partial charge in [0.2, 0.25) is 11.7 Å². The number of hydrogen-bond donors (Lipinski definition) is 2. The second kappa shape index (κ2) is 9.57. The highest BCUT2D eigenvalue weighted by molar-refractivity contribution is 6.38. The highest BCUT2D eigenvalue weighted by Crippen LogP contribution is 2.28. The molecule has 4 atom stereocenters. The molecule has 136 valence electrons. The van der Waals surface area contributed by atoms with E-state index in [0.717, 1.165) is 19.4 Å². The molecule has 1 heterocycles. The van der Waals surface area contributed by atoms with E-state index in [2.05, 4.69) is 31.1 Å². The Hall–Kier alpha value is -1.69. The van der Waals surface area contributed by atoms with Crippen LogP contribution in [0, 0.1) is 11.8 Å². The summed E-state index contributed by atoms with van der Waals surface area (Å²) in [7, 11) is 1.92. The lowest BCUT2D eigenvalue weighted by Crippen LogP contribution is -2.53. The maximum atomic E-state index is 12.7. The van der Waals surface area contributed by atoms with Gasteiger partial charge in [0, 0.05) is 13.1 Å². The van der Waals surface area contributed by atoms with Crippen LogP contribution in [0.3, 0.4) is 0 Å². The average Bonchev–Trinajstić information content (AvgIpc) is 2.80. The molecule has 1 fully saturated rings. The Labute approximate surface area is 145 Å². The number of carbonyl (C=O) groups is 3. The molecule has 1 rings (SSSR count). The molecule has 24 heavy (non-hydrogen) atoms. The van der Waals surface area contributed by atoms with Gasteiger partial charge in [-0.3, -0.25) is 19.3 Å². The first-order chi connectivity index (χ1) is 11.3. The van der Waals surface area contributed by atoms with Gasteiger partial charge in [0.1, 0.15) is 0 Å². The van der Waals surface area contributed by atoms with Crippen molar-refractivity contribution in [3.8, 4) is 0 Å². The van der Waals surface area contributed by atoms with Crippen LogP contribution in [0.15, 0.2) is 12.7 Å². The van der Waals surface area contributed by atoms with Crippen molar-refractivity contribution in [1.29, 1.82) is 0 Å². The van der Waals surface area contributed by atoms with E-state index in [1.807, 2.05) is 18.9 Å². The summed E-state index contributed by atoms with van der Waals surface area (Å²) in [5, 5.41) is 5.30. The number of nitrogens with one attached hydrogen (secondary N) is 2. The molecule has 2 unspecified atom stereocenters. The van der Waals surface area contributed by atoms with Crippen LogP contribution in [-0.4, -0.2) is 54.7 Å². The number of rotatable bonds is 9. The van der Waals surface area contributed by atoms with E-state index < -0.39 is 17.7 Å². The number of amides is 2. The molecule has 0 aromatic carbocycles. The molecule has 6 heteroatoms. The van der Waals surface area contributed by atoms with E-state index >= 15 is 0 Å². The number of likely N-dealkylation sites (N-methyl/N-ethyl adjacent to an activating group) is 1. The molecular formula is C18H31N3O3. The van der Waals surface area contributed by atoms with Gasteiger partial charge in [-0.15, -0.1) is 6.58 Å². The summed E-state index contributed by atoms with van der Waals surface area (Å²) >= 11 is 0. The molecule has 0 saturated carbocycles. The van der Waals surface area contributed by atoms with Gasteiger partial charge in [-0.05, 0) is 25.3 Å². The third-order valence-corrected chi connectivity index (χ3v) is 4.83. The Morgan fingerprint density at radius 3 is 2.50 bits per heavy atom. The zero-order chi connectivity index (χ0) is 18.3. The zero-order valence-corrected chi connectivity index (χ0v) is 15.3. The first-order valence-electron chi connectivity index (χ1n) is 8.77. The molecule has 0 spiro atoms. The third-order valence-electron chi connectivity index (χ3n) is 4.83. The van der Waals surface area contributed by atoms with Gasteiger partial charge >= 0.3 is 0 Å². The highest BCUT2D eigenvalue weighted by Gasteiger charge is 2.40. The summed E-state index contributed by atoms with van der Waals surface area (Å²) < 4.78 is 0. The fourth-order valence-electron chi connectivity index (χ4n) is 3.23. The van der Waals surface area contributed by atoms with Gasteiger partial charge in [-0.1, -0.05) is 39.7 Å². The largest absolute Gasteiger partial charge is 0.346 e. The maximum absolute atomic E-state index is 12.7. The summed E-state index contributed by atoms with van der Waals surface area (Å²) in [6, 6.07) is -1.02. The zero-order valence-electron chi connectivity index (χ0n) is 15.3. The van der Waals surface area contributed by atoms with Crippen molar-refractivity contribution in [2.24, 2.45) is 11.8 Å². The maximum Gasteiger partial charge on any atom is 0.289 e. The fraction of sp³-hybridized carbons (Fsp3) is 0.722. The summed E-state index contributed by atoms with van der Waals surface area (Å²) in [4.78, 5) is 39.0. The highest BCUT2D eigenvalue weighted by atomic mass is 16.2. The van der Waals surface area contributed by atoms with Gasteiger partial charge in [0.25, 0.3) is 5.91 Å². The fourth-order valence-corrected chi connectivity index (χ4v) is 3.23. The molecule has 0 bridgehead atoms. The van der Waals surface area contributed by atoms with Crippen molar-refractivity contribution in [1.82, 2.24) is 15.5 Å². The number of carbonyl (C=O) groups excluding carboxylic acids is 3. The van der Waals surface area contributed by atoms with Crippen LogP contribution in [0.5, 0.6) is 0 Å². The second-order valence-electron chi connectivity index (χ2n) is 6.79. The first-order valence-corrected chi connectivity index (χ1v) is 8.77. The Kier molecular flexibility index (Phi) is 8.11. The quantitative estimate of drug-likeness (QED) is 0.488. The van der Waals surface area contributed by atoms with Crippen LogP contribution in [0.1, 0.15) is 40.0 Å². The topological polar surface area (TPSA) is 78.5 Å². The second-order valence-corrected chi connectivity index (χ2v) is 6.79. The Morgan fingerprint density at radius 2 is 2.00 bits per heavy atom. The molecule has 0 aromatic rings. The van der Waals surface area contributed by atoms with Crippen molar-refractivity contribution < 1.29 is 14.4 Å². The summed E-state index contributed by atoms with van der Waals surface area (Å²) in [6.45, 7) is 10.8. The minimum absolute atomic E-state index is 0.166. The average molecular weight is 337 g/mol. The van der Waals surface area contributed by atoms with Gasteiger partial charge in [0.05, 0.1) is 12.1 Å². The SMILES string of the molecule is C=CCNC(=O)C(=O)C(CCCC)NC(=O)[C@@H]1C(C)[C@@H](C)CN1C. The Bertz CT molecular complexity index is 478. The van der Waals surface area contributed by atoms with E-state index in [-0.39, 0.29) is 24.4 Å². The number of Topliss-reactive ketones (excluding diaryl/α,β-unsaturated/α-hetero) is 1. The first kappa shape index (κ1) is 20.4. The number of likely N-dealkylation sites (tertiary alicyclic amines) is 1. The van der Waals surface area contributed by atoms with Crippen LogP contribution in [0.4, 0.5) is 0 Å². The molecular weight excluding hydrogens is 306 g/mol. The van der Waals surface area contributed by atoms with Crippen LogP contribution in [0.25, 0.3) is 0 Å². The minimum Gasteiger partial charge on any atom is -0.346 e. The van der Waals surface area contributed by atoms with E-state index in [0.29, 0.717) is 12.3 Å². The van der Waals surface area contributed by atoms with Crippen LogP contribution >= 0.6 is 0 Å². The molecule has 2 N–H and O–H groups in total. The monoisotopic (exact) mass is 337 g/mol. The minimum atomic E-state index is -0.765. The van der Waals surface area contributed by atoms with Gasteiger partial charge in [-0.25, -0.2) is 0 Å². The number of hydrogen-bond acceptors (Lipinski definition) is 4. The molecule has 2 amide bonds. The van der Waals surface area contributed by atoms with Crippen molar-refractivity contribution >= 4 is 17.6 Å². The summed E-state index contributed by atoms with van der Waals surface area (Å²) in [5.74, 6) is -0.782. The van der Waals surface area contributed by atoms with E-state index in [1.165, 1.54) is 6.08 Å². The molecule has 1 aliphatic rings. The van der Waals surface area contributed by atoms with E-state index in [9.17, 15) is 14.4 Å². The summed E-state index contributed by atoms with van der Waals surface area (Å²) in [6.07, 6.45) is 3.66. The van der Waals surface area contributed by atoms with Gasteiger partial charge in [0.15, 0.2) is 0 Å². The van der Waals surface area contributed by atoms with Crippen LogP contribution in [0.2, 0.25) is 0 Å². The molecule has 1 saturated heterocycles. The molecule has 1 aliphatic heterocycles. The van der Waals surface area contributed by atoms with Gasteiger partial charge < -0.3 is 10.6 Å². The number of unbranched alkanes of at least 4 members (excludes halogenated alkanes) is 1. The number of nitrogens with zero attached hydrogens (tertiary/aromatic N) is 1. The van der Waals surface area contributed by atoms with E-state index in [1.54, 1.807) is 0 Å². The van der Waals surface area contributed by atoms with E-state index in [4.69, 9.17) is 0 Å². The predicted octanol–water partition coefficient (Wildman–Crippen LogP) is 1.12. The van der Waals surface area contributed by atoms with Crippen molar-refractivity contribution in [3.63, 3.8) is 0 Å². The number of ketones is 1. The molecule has 0 aromatic heterocycles. The van der Waals surface area contributed by atoms with Crippen molar-refractivity contribution in [2.75, 3.05) is 20.1 Å². The molecule has 0 radical (unpaired) electrons. The summed E-state index contributed by atoms with van der Waals surface area (Å²) in [5.41, 5.74) is 0. The van der Waals surface area contributed by atoms with Crippen molar-refractivity contribution in [3.05, 3.63) is 12.7 Å².